The van der Waals surface area contributed by atoms with Gasteiger partial charge in [0, 0.05) is 19.0 Å². The predicted molar refractivity (Wildman–Crippen MR) is 72.0 cm³/mol. The summed E-state index contributed by atoms with van der Waals surface area (Å²) in [5.74, 6) is -1.11. The van der Waals surface area contributed by atoms with Crippen LogP contribution in [0.15, 0.2) is 36.0 Å². The van der Waals surface area contributed by atoms with Crippen molar-refractivity contribution in [2.45, 2.75) is 26.8 Å². The molecule has 1 N–H and O–H groups in total. The van der Waals surface area contributed by atoms with Crippen LogP contribution >= 0.6 is 0 Å². The first-order valence-electron chi connectivity index (χ1n) is 5.99. The van der Waals surface area contributed by atoms with Gasteiger partial charge in [-0.05, 0) is 25.5 Å². The summed E-state index contributed by atoms with van der Waals surface area (Å²) < 4.78 is 0. The first kappa shape index (κ1) is 14.9. The maximum atomic E-state index is 12.2. The van der Waals surface area contributed by atoms with Gasteiger partial charge in [-0.1, -0.05) is 18.7 Å². The maximum absolute atomic E-state index is 12.2. The molecule has 102 valence electrons. The van der Waals surface area contributed by atoms with Gasteiger partial charge in [-0.3, -0.25) is 19.7 Å². The van der Waals surface area contributed by atoms with E-state index < -0.39 is 17.9 Å². The number of rotatable bonds is 4. The van der Waals surface area contributed by atoms with Crippen LogP contribution < -0.4 is 5.32 Å². The van der Waals surface area contributed by atoms with Crippen LogP contribution in [0.4, 0.5) is 0 Å². The van der Waals surface area contributed by atoms with Gasteiger partial charge < -0.3 is 4.90 Å². The SMILES string of the molecule is C=C/C=C\C1=C(C)CN(C(C)C(=O)NC(C)=O)C1=O. The summed E-state index contributed by atoms with van der Waals surface area (Å²) in [5, 5.41) is 2.19. The average Bonchev–Trinajstić information content (AvgIpc) is 2.61. The Morgan fingerprint density at radius 2 is 2.11 bits per heavy atom. The number of hydrogen-bond donors (Lipinski definition) is 1. The molecular formula is C14H18N2O3. The fraction of sp³-hybridized carbons (Fsp3) is 0.357. The quantitative estimate of drug-likeness (QED) is 0.767. The van der Waals surface area contributed by atoms with Gasteiger partial charge in [0.15, 0.2) is 0 Å². The van der Waals surface area contributed by atoms with Crippen LogP contribution in [0.3, 0.4) is 0 Å². The van der Waals surface area contributed by atoms with Crippen LogP contribution in [-0.4, -0.2) is 35.2 Å². The van der Waals surface area contributed by atoms with Crippen molar-refractivity contribution in [2.75, 3.05) is 6.54 Å². The summed E-state index contributed by atoms with van der Waals surface area (Å²) in [6.07, 6.45) is 4.95. The summed E-state index contributed by atoms with van der Waals surface area (Å²) >= 11 is 0. The highest BCUT2D eigenvalue weighted by atomic mass is 16.2. The molecular weight excluding hydrogens is 244 g/mol. The van der Waals surface area contributed by atoms with E-state index in [1.165, 1.54) is 11.8 Å². The second-order valence-corrected chi connectivity index (χ2v) is 4.44. The summed E-state index contributed by atoms with van der Waals surface area (Å²) in [5.41, 5.74) is 1.47. The molecule has 0 aromatic heterocycles. The Bertz CT molecular complexity index is 489. The van der Waals surface area contributed by atoms with Crippen LogP contribution in [-0.2, 0) is 14.4 Å². The highest BCUT2D eigenvalue weighted by Gasteiger charge is 2.33. The van der Waals surface area contributed by atoms with Crippen molar-refractivity contribution in [3.8, 4) is 0 Å². The van der Waals surface area contributed by atoms with E-state index in [-0.39, 0.29) is 5.91 Å². The van der Waals surface area contributed by atoms with E-state index in [2.05, 4.69) is 11.9 Å². The second kappa shape index (κ2) is 6.13. The normalized spacial score (nSPS) is 17.0. The third-order valence-electron chi connectivity index (χ3n) is 2.90. The number of carbonyl (C=O) groups is 3. The smallest absolute Gasteiger partial charge is 0.254 e. The lowest BCUT2D eigenvalue weighted by molar-refractivity contribution is -0.138. The lowest BCUT2D eigenvalue weighted by Crippen LogP contribution is -2.47. The van der Waals surface area contributed by atoms with E-state index in [0.717, 1.165) is 5.57 Å². The molecule has 1 aliphatic heterocycles. The molecule has 0 aromatic carbocycles. The molecule has 0 spiro atoms. The fourth-order valence-corrected chi connectivity index (χ4v) is 1.86. The van der Waals surface area contributed by atoms with Gasteiger partial charge in [-0.2, -0.15) is 0 Å². The number of imide groups is 1. The van der Waals surface area contributed by atoms with Crippen molar-refractivity contribution in [2.24, 2.45) is 0 Å². The van der Waals surface area contributed by atoms with Crippen LogP contribution in [0.25, 0.3) is 0 Å². The van der Waals surface area contributed by atoms with Gasteiger partial charge in [0.25, 0.3) is 5.91 Å². The Balaban J connectivity index is 2.82. The van der Waals surface area contributed by atoms with Crippen LogP contribution in [0, 0.1) is 0 Å². The van der Waals surface area contributed by atoms with Crippen molar-refractivity contribution in [3.05, 3.63) is 36.0 Å². The predicted octanol–water partition coefficient (Wildman–Crippen LogP) is 0.938. The highest BCUT2D eigenvalue weighted by molar-refractivity contribution is 6.04. The maximum Gasteiger partial charge on any atom is 0.254 e. The lowest BCUT2D eigenvalue weighted by Gasteiger charge is -2.23. The zero-order valence-corrected chi connectivity index (χ0v) is 11.4. The molecule has 1 heterocycles. The Hall–Kier alpha value is -2.17. The zero-order chi connectivity index (χ0) is 14.6. The van der Waals surface area contributed by atoms with E-state index in [4.69, 9.17) is 0 Å². The monoisotopic (exact) mass is 262 g/mol. The lowest BCUT2D eigenvalue weighted by atomic mass is 10.1. The average molecular weight is 262 g/mol. The largest absolute Gasteiger partial charge is 0.323 e. The molecule has 5 nitrogen and oxygen atoms in total. The molecule has 3 amide bonds. The standard InChI is InChI=1S/C14H18N2O3/c1-5-6-7-12-9(2)8-16(14(12)19)10(3)13(18)15-11(4)17/h5-7,10H,1,8H2,2-4H3,(H,15,17,18)/b7-6-. The zero-order valence-electron chi connectivity index (χ0n) is 11.4. The van der Waals surface area contributed by atoms with Gasteiger partial charge in [0.1, 0.15) is 6.04 Å². The Morgan fingerprint density at radius 3 is 2.63 bits per heavy atom. The van der Waals surface area contributed by atoms with Crippen molar-refractivity contribution in [1.82, 2.24) is 10.2 Å². The molecule has 0 fully saturated rings. The number of amides is 3. The fourth-order valence-electron chi connectivity index (χ4n) is 1.86. The number of allylic oxidation sites excluding steroid dienone is 2. The van der Waals surface area contributed by atoms with Gasteiger partial charge in [0.2, 0.25) is 11.8 Å². The molecule has 0 radical (unpaired) electrons. The topological polar surface area (TPSA) is 66.5 Å². The minimum atomic E-state index is -0.680. The molecule has 1 unspecified atom stereocenters. The van der Waals surface area contributed by atoms with Crippen molar-refractivity contribution in [1.29, 1.82) is 0 Å². The Kier molecular flexibility index (Phi) is 4.80. The van der Waals surface area contributed by atoms with E-state index in [9.17, 15) is 14.4 Å². The summed E-state index contributed by atoms with van der Waals surface area (Å²) in [4.78, 5) is 36.2. The highest BCUT2D eigenvalue weighted by Crippen LogP contribution is 2.22. The van der Waals surface area contributed by atoms with E-state index in [1.54, 1.807) is 25.2 Å². The van der Waals surface area contributed by atoms with Crippen molar-refractivity contribution >= 4 is 17.7 Å². The first-order chi connectivity index (χ1) is 8.88. The molecule has 1 rings (SSSR count). The molecule has 0 aromatic rings. The van der Waals surface area contributed by atoms with E-state index >= 15 is 0 Å². The van der Waals surface area contributed by atoms with Gasteiger partial charge in [-0.25, -0.2) is 0 Å². The van der Waals surface area contributed by atoms with Gasteiger partial charge in [0.05, 0.1) is 0 Å². The van der Waals surface area contributed by atoms with Gasteiger partial charge >= 0.3 is 0 Å². The molecule has 0 aliphatic carbocycles. The first-order valence-corrected chi connectivity index (χ1v) is 5.99. The second-order valence-electron chi connectivity index (χ2n) is 4.44. The molecule has 1 atom stereocenters. The number of hydrogen-bond acceptors (Lipinski definition) is 3. The summed E-state index contributed by atoms with van der Waals surface area (Å²) in [7, 11) is 0. The minimum Gasteiger partial charge on any atom is -0.323 e. The molecule has 0 bridgehead atoms. The van der Waals surface area contributed by atoms with Crippen LogP contribution in [0.5, 0.6) is 0 Å². The minimum absolute atomic E-state index is 0.207. The van der Waals surface area contributed by atoms with Crippen molar-refractivity contribution < 1.29 is 14.4 Å². The van der Waals surface area contributed by atoms with Crippen LogP contribution in [0.1, 0.15) is 20.8 Å². The summed E-state index contributed by atoms with van der Waals surface area (Å²) in [6.45, 7) is 8.65. The molecule has 1 aliphatic rings. The molecule has 19 heavy (non-hydrogen) atoms. The number of nitrogens with one attached hydrogen (secondary N) is 1. The Labute approximate surface area is 112 Å². The molecule has 0 saturated carbocycles. The summed E-state index contributed by atoms with van der Waals surface area (Å²) in [6, 6.07) is -0.680. The number of carbonyl (C=O) groups excluding carboxylic acids is 3. The molecule has 0 saturated heterocycles. The van der Waals surface area contributed by atoms with Crippen molar-refractivity contribution in [3.63, 3.8) is 0 Å². The Morgan fingerprint density at radius 1 is 1.47 bits per heavy atom. The third-order valence-corrected chi connectivity index (χ3v) is 2.90. The van der Waals surface area contributed by atoms with Crippen LogP contribution in [0.2, 0.25) is 0 Å². The van der Waals surface area contributed by atoms with E-state index in [0.29, 0.717) is 12.1 Å². The third kappa shape index (κ3) is 3.40. The van der Waals surface area contributed by atoms with E-state index in [1.807, 2.05) is 6.92 Å². The number of nitrogens with zero attached hydrogens (tertiary/aromatic N) is 1. The van der Waals surface area contributed by atoms with Gasteiger partial charge in [-0.15, -0.1) is 0 Å². The molecule has 5 heteroatoms.